The molecule has 3 N–H and O–H groups in total. The van der Waals surface area contributed by atoms with E-state index in [0.717, 1.165) is 6.20 Å². The summed E-state index contributed by atoms with van der Waals surface area (Å²) in [4.78, 5) is 25.6. The van der Waals surface area contributed by atoms with Crippen LogP contribution >= 0.6 is 0 Å². The average Bonchev–Trinajstić information content (AvgIpc) is 2.82. The van der Waals surface area contributed by atoms with Crippen molar-refractivity contribution in [1.82, 2.24) is 15.0 Å². The number of hydrogen-bond acceptors (Lipinski definition) is 9. The molecule has 2 aromatic heterocycles. The van der Waals surface area contributed by atoms with E-state index >= 15 is 0 Å². The molecule has 0 bridgehead atoms. The third-order valence-corrected chi connectivity index (χ3v) is 5.02. The van der Waals surface area contributed by atoms with Crippen LogP contribution in [0.2, 0.25) is 0 Å². The molecule has 12 heteroatoms. The number of fused-ring (bicyclic) bond motifs is 1. The van der Waals surface area contributed by atoms with E-state index in [1.807, 2.05) is 4.90 Å². The standard InChI is InChI=1S/C21H19F2N7O3/c22-13-9-12(1-2-15(13)30-5-7-32-8-6-30)25-21-24-10-14(23)19(29-21)26-17-4-3-16-20(27-17)28-18(31)11-33-16/h1-4,9-10H,5-8,11H2,(H3,24,25,26,27,28,29,31). The first-order valence-corrected chi connectivity index (χ1v) is 10.2. The van der Waals surface area contributed by atoms with Crippen LogP contribution in [-0.4, -0.2) is 53.8 Å². The van der Waals surface area contributed by atoms with Crippen LogP contribution in [0.15, 0.2) is 36.5 Å². The van der Waals surface area contributed by atoms with Gasteiger partial charge in [0.25, 0.3) is 5.91 Å². The summed E-state index contributed by atoms with van der Waals surface area (Å²) in [6.07, 6.45) is 0.986. The summed E-state index contributed by atoms with van der Waals surface area (Å²) in [6.45, 7) is 2.25. The molecule has 1 aromatic carbocycles. The molecule has 1 amide bonds. The Kier molecular flexibility index (Phi) is 5.57. The van der Waals surface area contributed by atoms with Gasteiger partial charge in [0.05, 0.1) is 25.1 Å². The first-order chi connectivity index (χ1) is 16.0. The van der Waals surface area contributed by atoms with Crippen molar-refractivity contribution in [2.24, 2.45) is 0 Å². The Bertz CT molecular complexity index is 1200. The highest BCUT2D eigenvalue weighted by Gasteiger charge is 2.19. The van der Waals surface area contributed by atoms with Gasteiger partial charge in [0.15, 0.2) is 29.8 Å². The Labute approximate surface area is 187 Å². The zero-order chi connectivity index (χ0) is 22.8. The molecule has 1 saturated heterocycles. The number of nitrogens with one attached hydrogen (secondary N) is 3. The minimum absolute atomic E-state index is 0.0621. The third-order valence-electron chi connectivity index (χ3n) is 5.02. The van der Waals surface area contributed by atoms with E-state index in [-0.39, 0.29) is 35.9 Å². The molecule has 4 heterocycles. The van der Waals surface area contributed by atoms with Crippen molar-refractivity contribution in [3.05, 3.63) is 48.2 Å². The molecule has 0 unspecified atom stereocenters. The molecule has 170 valence electrons. The Hall–Kier alpha value is -4.06. The number of aromatic nitrogens is 3. The molecule has 0 atom stereocenters. The molecular weight excluding hydrogens is 436 g/mol. The number of halogens is 2. The van der Waals surface area contributed by atoms with Gasteiger partial charge in [0, 0.05) is 18.8 Å². The second-order valence-electron chi connectivity index (χ2n) is 7.29. The van der Waals surface area contributed by atoms with E-state index in [9.17, 15) is 13.6 Å². The highest BCUT2D eigenvalue weighted by molar-refractivity contribution is 5.94. The minimum atomic E-state index is -0.714. The molecule has 3 aromatic rings. The zero-order valence-electron chi connectivity index (χ0n) is 17.3. The second-order valence-corrected chi connectivity index (χ2v) is 7.29. The van der Waals surface area contributed by atoms with Crippen LogP contribution in [0.3, 0.4) is 0 Å². The number of carbonyl (C=O) groups is 1. The summed E-state index contributed by atoms with van der Waals surface area (Å²) in [6, 6.07) is 7.85. The van der Waals surface area contributed by atoms with Gasteiger partial charge in [-0.05, 0) is 30.3 Å². The van der Waals surface area contributed by atoms with E-state index in [1.165, 1.54) is 6.07 Å². The number of carbonyl (C=O) groups excluding carboxylic acids is 1. The van der Waals surface area contributed by atoms with E-state index < -0.39 is 11.6 Å². The van der Waals surface area contributed by atoms with Crippen LogP contribution < -0.4 is 25.6 Å². The molecule has 2 aliphatic rings. The lowest BCUT2D eigenvalue weighted by molar-refractivity contribution is -0.118. The largest absolute Gasteiger partial charge is 0.480 e. The highest BCUT2D eigenvalue weighted by Crippen LogP contribution is 2.29. The molecular formula is C21H19F2N7O3. The molecule has 10 nitrogen and oxygen atoms in total. The van der Waals surface area contributed by atoms with Gasteiger partial charge in [0.2, 0.25) is 5.95 Å². The Morgan fingerprint density at radius 1 is 1.03 bits per heavy atom. The third kappa shape index (κ3) is 4.60. The fraction of sp³-hybridized carbons (Fsp3) is 0.238. The lowest BCUT2D eigenvalue weighted by atomic mass is 10.2. The van der Waals surface area contributed by atoms with Crippen molar-refractivity contribution in [3.8, 4) is 5.75 Å². The molecule has 2 aliphatic heterocycles. The summed E-state index contributed by atoms with van der Waals surface area (Å²) in [5.41, 5.74) is 0.898. The summed E-state index contributed by atoms with van der Waals surface area (Å²) in [5, 5.41) is 8.20. The number of amides is 1. The fourth-order valence-corrected chi connectivity index (χ4v) is 3.44. The molecule has 0 saturated carbocycles. The van der Waals surface area contributed by atoms with Gasteiger partial charge in [-0.15, -0.1) is 0 Å². The summed E-state index contributed by atoms with van der Waals surface area (Å²) in [5.74, 6) is -0.657. The fourth-order valence-electron chi connectivity index (χ4n) is 3.44. The quantitative estimate of drug-likeness (QED) is 0.534. The Morgan fingerprint density at radius 3 is 2.70 bits per heavy atom. The normalized spacial score (nSPS) is 15.3. The predicted octanol–water partition coefficient (Wildman–Crippen LogP) is 2.80. The van der Waals surface area contributed by atoms with Crippen LogP contribution in [0, 0.1) is 11.6 Å². The first kappa shape index (κ1) is 20.8. The maximum atomic E-state index is 14.6. The predicted molar refractivity (Wildman–Crippen MR) is 116 cm³/mol. The number of nitrogens with zero attached hydrogens (tertiary/aromatic N) is 4. The van der Waals surface area contributed by atoms with Gasteiger partial charge in [-0.2, -0.15) is 4.98 Å². The topological polar surface area (TPSA) is 114 Å². The molecule has 33 heavy (non-hydrogen) atoms. The van der Waals surface area contributed by atoms with Crippen LogP contribution in [-0.2, 0) is 9.53 Å². The summed E-state index contributed by atoms with van der Waals surface area (Å²) < 4.78 is 39.5. The van der Waals surface area contributed by atoms with Gasteiger partial charge in [-0.3, -0.25) is 4.79 Å². The highest BCUT2D eigenvalue weighted by atomic mass is 19.1. The Balaban J connectivity index is 1.32. The van der Waals surface area contributed by atoms with E-state index in [2.05, 4.69) is 30.9 Å². The van der Waals surface area contributed by atoms with Crippen molar-refractivity contribution in [2.75, 3.05) is 53.8 Å². The summed E-state index contributed by atoms with van der Waals surface area (Å²) >= 11 is 0. The smallest absolute Gasteiger partial charge is 0.263 e. The van der Waals surface area contributed by atoms with Crippen molar-refractivity contribution in [2.45, 2.75) is 0 Å². The van der Waals surface area contributed by atoms with Gasteiger partial charge < -0.3 is 30.3 Å². The number of anilines is 6. The average molecular weight is 455 g/mol. The SMILES string of the molecule is O=C1COc2ccc(Nc3nc(Nc4ccc(N5CCOCC5)c(F)c4)ncc3F)nc2N1. The monoisotopic (exact) mass is 455 g/mol. The van der Waals surface area contributed by atoms with Crippen LogP contribution in [0.5, 0.6) is 5.75 Å². The van der Waals surface area contributed by atoms with Crippen molar-refractivity contribution in [3.63, 3.8) is 0 Å². The first-order valence-electron chi connectivity index (χ1n) is 10.2. The minimum Gasteiger partial charge on any atom is -0.480 e. The Morgan fingerprint density at radius 2 is 1.88 bits per heavy atom. The van der Waals surface area contributed by atoms with Crippen molar-refractivity contribution < 1.29 is 23.0 Å². The van der Waals surface area contributed by atoms with Crippen molar-refractivity contribution in [1.29, 1.82) is 0 Å². The van der Waals surface area contributed by atoms with E-state index in [4.69, 9.17) is 9.47 Å². The molecule has 1 fully saturated rings. The summed E-state index contributed by atoms with van der Waals surface area (Å²) in [7, 11) is 0. The number of hydrogen-bond donors (Lipinski definition) is 3. The van der Waals surface area contributed by atoms with Gasteiger partial charge in [-0.1, -0.05) is 0 Å². The van der Waals surface area contributed by atoms with Gasteiger partial charge in [0.1, 0.15) is 11.6 Å². The number of rotatable bonds is 5. The van der Waals surface area contributed by atoms with Crippen molar-refractivity contribution >= 4 is 40.7 Å². The maximum absolute atomic E-state index is 14.6. The number of ether oxygens (including phenoxy) is 2. The lowest BCUT2D eigenvalue weighted by Gasteiger charge is -2.29. The van der Waals surface area contributed by atoms with Crippen LogP contribution in [0.4, 0.5) is 43.6 Å². The van der Waals surface area contributed by atoms with Gasteiger partial charge in [-0.25, -0.2) is 18.7 Å². The lowest BCUT2D eigenvalue weighted by Crippen LogP contribution is -2.36. The molecule has 5 rings (SSSR count). The van der Waals surface area contributed by atoms with E-state index in [1.54, 1.807) is 24.3 Å². The van der Waals surface area contributed by atoms with Gasteiger partial charge >= 0.3 is 0 Å². The van der Waals surface area contributed by atoms with Crippen LogP contribution in [0.25, 0.3) is 0 Å². The molecule has 0 aliphatic carbocycles. The maximum Gasteiger partial charge on any atom is 0.263 e. The van der Waals surface area contributed by atoms with Crippen LogP contribution in [0.1, 0.15) is 0 Å². The zero-order valence-corrected chi connectivity index (χ0v) is 17.3. The number of morpholine rings is 1. The molecule has 0 radical (unpaired) electrons. The number of benzene rings is 1. The number of pyridine rings is 1. The second kappa shape index (κ2) is 8.82. The molecule has 0 spiro atoms. The van der Waals surface area contributed by atoms with E-state index in [0.29, 0.717) is 43.4 Å².